The van der Waals surface area contributed by atoms with Crippen LogP contribution in [-0.4, -0.2) is 19.8 Å². The molecule has 0 rings (SSSR count). The Morgan fingerprint density at radius 2 is 0.649 bits per heavy atom. The lowest BCUT2D eigenvalue weighted by atomic mass is 10.1. The van der Waals surface area contributed by atoms with Crippen molar-refractivity contribution in [2.24, 2.45) is 5.73 Å². The normalized spacial score (nSPS) is 11.2. The molecule has 226 valence electrons. The van der Waals surface area contributed by atoms with Gasteiger partial charge in [0.25, 0.3) is 0 Å². The molecule has 0 bridgehead atoms. The number of hydrogen-bond donors (Lipinski definition) is 1. The zero-order valence-corrected chi connectivity index (χ0v) is 26.8. The summed E-state index contributed by atoms with van der Waals surface area (Å²) in [5, 5.41) is 0. The second-order valence-corrected chi connectivity index (χ2v) is 11.9. The van der Waals surface area contributed by atoms with Crippen molar-refractivity contribution in [2.45, 2.75) is 188 Å². The van der Waals surface area contributed by atoms with Crippen LogP contribution in [0.1, 0.15) is 188 Å². The highest BCUT2D eigenvalue weighted by Crippen LogP contribution is 2.25. The number of unbranched alkanes of at least 4 members (excludes halogenated alkanes) is 23. The third-order valence-corrected chi connectivity index (χ3v) is 7.87. The van der Waals surface area contributed by atoms with Crippen LogP contribution in [0.3, 0.4) is 0 Å². The maximum absolute atomic E-state index is 11.7. The van der Waals surface area contributed by atoms with Crippen LogP contribution in [0.15, 0.2) is 0 Å². The first kappa shape index (κ1) is 39.3. The van der Waals surface area contributed by atoms with E-state index in [0.29, 0.717) is 13.2 Å². The van der Waals surface area contributed by atoms with E-state index in [1.165, 1.54) is 154 Å². The van der Waals surface area contributed by atoms with Gasteiger partial charge < -0.3 is 14.8 Å². The van der Waals surface area contributed by atoms with Crippen LogP contribution in [0.25, 0.3) is 0 Å². The Balaban J connectivity index is 0. The maximum Gasteiger partial charge on any atom is 0.319 e. The molecule has 0 aromatic carbocycles. The fourth-order valence-electron chi connectivity index (χ4n) is 4.46. The minimum absolute atomic E-state index is 0.590. The Morgan fingerprint density at radius 1 is 0.405 bits per heavy atom. The summed E-state index contributed by atoms with van der Waals surface area (Å²) < 4.78 is 22.4. The van der Waals surface area contributed by atoms with Crippen molar-refractivity contribution in [3.63, 3.8) is 0 Å². The molecule has 0 aliphatic carbocycles. The fourth-order valence-corrected chi connectivity index (χ4v) is 5.16. The minimum atomic E-state index is -2.26. The Labute approximate surface area is 235 Å². The van der Waals surface area contributed by atoms with E-state index in [4.69, 9.17) is 14.8 Å². The SMILES string of the molecule is CCCCCCCCCCCCO[PH](=O)OCCCCCCCCCCCC.CCCCCCCCN. The van der Waals surface area contributed by atoms with E-state index in [1.54, 1.807) is 0 Å². The summed E-state index contributed by atoms with van der Waals surface area (Å²) in [4.78, 5) is 0. The van der Waals surface area contributed by atoms with Gasteiger partial charge in [0, 0.05) is 0 Å². The molecule has 4 nitrogen and oxygen atoms in total. The van der Waals surface area contributed by atoms with Crippen molar-refractivity contribution in [3.8, 4) is 0 Å². The highest BCUT2D eigenvalue weighted by atomic mass is 31.1. The molecule has 0 aliphatic rings. The monoisotopic (exact) mass is 548 g/mol. The summed E-state index contributed by atoms with van der Waals surface area (Å²) >= 11 is 0. The standard InChI is InChI=1S/C24H51O3P.C8H19N/c1-3-5-7-9-11-13-15-17-19-21-23-26-28(25)27-24-22-20-18-16-14-12-10-8-6-4-2;1-2-3-4-5-6-7-8-9/h28H,3-24H2,1-2H3;2-9H2,1H3. The topological polar surface area (TPSA) is 61.5 Å². The highest BCUT2D eigenvalue weighted by molar-refractivity contribution is 7.33. The molecule has 0 heterocycles. The van der Waals surface area contributed by atoms with E-state index < -0.39 is 8.25 Å². The van der Waals surface area contributed by atoms with Gasteiger partial charge in [0.2, 0.25) is 0 Å². The minimum Gasteiger partial charge on any atom is -0.330 e. The molecule has 0 fully saturated rings. The zero-order valence-electron chi connectivity index (χ0n) is 25.8. The zero-order chi connectivity index (χ0) is 27.5. The van der Waals surface area contributed by atoms with Crippen LogP contribution in [0, 0.1) is 0 Å². The number of nitrogens with two attached hydrogens (primary N) is 1. The first-order valence-corrected chi connectivity index (χ1v) is 17.9. The van der Waals surface area contributed by atoms with Crippen LogP contribution >= 0.6 is 8.25 Å². The first-order valence-electron chi connectivity index (χ1n) is 16.7. The van der Waals surface area contributed by atoms with E-state index in [0.717, 1.165) is 19.4 Å². The molecule has 0 radical (unpaired) electrons. The summed E-state index contributed by atoms with van der Waals surface area (Å²) in [7, 11) is -2.26. The Kier molecular flexibility index (Phi) is 40.6. The molecule has 0 atom stereocenters. The molecule has 0 amide bonds. The molecule has 37 heavy (non-hydrogen) atoms. The lowest BCUT2D eigenvalue weighted by Gasteiger charge is -2.06. The van der Waals surface area contributed by atoms with Crippen molar-refractivity contribution in [3.05, 3.63) is 0 Å². The summed E-state index contributed by atoms with van der Waals surface area (Å²) in [5.41, 5.74) is 5.34. The summed E-state index contributed by atoms with van der Waals surface area (Å²) in [6.45, 7) is 8.81. The van der Waals surface area contributed by atoms with Gasteiger partial charge in [0.15, 0.2) is 0 Å². The van der Waals surface area contributed by atoms with Gasteiger partial charge in [-0.3, -0.25) is 4.57 Å². The molecule has 0 spiro atoms. The molecular weight excluding hydrogens is 477 g/mol. The molecule has 0 aromatic heterocycles. The van der Waals surface area contributed by atoms with Crippen LogP contribution in [-0.2, 0) is 13.6 Å². The van der Waals surface area contributed by atoms with Gasteiger partial charge in [0.05, 0.1) is 13.2 Å². The third-order valence-electron chi connectivity index (χ3n) is 6.99. The lowest BCUT2D eigenvalue weighted by Crippen LogP contribution is -1.97. The number of hydrogen-bond acceptors (Lipinski definition) is 4. The van der Waals surface area contributed by atoms with Gasteiger partial charge in [-0.1, -0.05) is 168 Å². The Morgan fingerprint density at radius 3 is 0.919 bits per heavy atom. The second-order valence-electron chi connectivity index (χ2n) is 10.9. The largest absolute Gasteiger partial charge is 0.330 e. The van der Waals surface area contributed by atoms with Crippen molar-refractivity contribution < 1.29 is 13.6 Å². The molecule has 0 unspecified atom stereocenters. The first-order chi connectivity index (χ1) is 18.2. The molecule has 0 saturated heterocycles. The van der Waals surface area contributed by atoms with Crippen LogP contribution in [0.5, 0.6) is 0 Å². The van der Waals surface area contributed by atoms with Gasteiger partial charge in [-0.2, -0.15) is 0 Å². The van der Waals surface area contributed by atoms with Crippen LogP contribution in [0.2, 0.25) is 0 Å². The molecule has 0 aliphatic heterocycles. The van der Waals surface area contributed by atoms with Crippen molar-refractivity contribution >= 4 is 8.25 Å². The van der Waals surface area contributed by atoms with E-state index in [-0.39, 0.29) is 0 Å². The lowest BCUT2D eigenvalue weighted by molar-refractivity contribution is 0.218. The average Bonchev–Trinajstić information content (AvgIpc) is 2.90. The van der Waals surface area contributed by atoms with E-state index in [1.807, 2.05) is 0 Å². The predicted molar refractivity (Wildman–Crippen MR) is 167 cm³/mol. The maximum atomic E-state index is 11.7. The predicted octanol–water partition coefficient (Wildman–Crippen LogP) is 11.6. The van der Waals surface area contributed by atoms with E-state index in [2.05, 4.69) is 20.8 Å². The quantitative estimate of drug-likeness (QED) is 0.0717. The summed E-state index contributed by atoms with van der Waals surface area (Å²) in [5.74, 6) is 0. The summed E-state index contributed by atoms with van der Waals surface area (Å²) in [6, 6.07) is 0. The van der Waals surface area contributed by atoms with Crippen molar-refractivity contribution in [1.29, 1.82) is 0 Å². The fraction of sp³-hybridized carbons (Fsp3) is 1.00. The molecule has 5 heteroatoms. The van der Waals surface area contributed by atoms with E-state index in [9.17, 15) is 4.57 Å². The van der Waals surface area contributed by atoms with E-state index >= 15 is 0 Å². The Bertz CT molecular complexity index is 375. The average molecular weight is 548 g/mol. The van der Waals surface area contributed by atoms with Crippen molar-refractivity contribution in [1.82, 2.24) is 0 Å². The molecule has 2 N–H and O–H groups in total. The van der Waals surface area contributed by atoms with Crippen LogP contribution in [0.4, 0.5) is 0 Å². The Hall–Kier alpha value is 0.110. The molecular formula is C32H70NO3P. The van der Waals surface area contributed by atoms with Gasteiger partial charge in [-0.15, -0.1) is 0 Å². The van der Waals surface area contributed by atoms with Gasteiger partial charge in [-0.25, -0.2) is 0 Å². The number of rotatable bonds is 30. The van der Waals surface area contributed by atoms with Gasteiger partial charge in [-0.05, 0) is 25.8 Å². The van der Waals surface area contributed by atoms with Crippen molar-refractivity contribution in [2.75, 3.05) is 19.8 Å². The third kappa shape index (κ3) is 40.7. The summed E-state index contributed by atoms with van der Waals surface area (Å²) in [6.07, 6.45) is 34.2. The highest BCUT2D eigenvalue weighted by Gasteiger charge is 2.00. The van der Waals surface area contributed by atoms with Gasteiger partial charge in [0.1, 0.15) is 0 Å². The molecule has 0 aromatic rings. The molecule has 0 saturated carbocycles. The van der Waals surface area contributed by atoms with Crippen LogP contribution < -0.4 is 5.73 Å². The van der Waals surface area contributed by atoms with Gasteiger partial charge >= 0.3 is 8.25 Å². The smallest absolute Gasteiger partial charge is 0.319 e. The second kappa shape index (κ2) is 38.3.